The van der Waals surface area contributed by atoms with Gasteiger partial charge in [-0.15, -0.1) is 0 Å². The number of carbonyl (C=O) groups excluding carboxylic acids is 1. The molecule has 0 radical (unpaired) electrons. The smallest absolute Gasteiger partial charge is 0.338 e. The predicted octanol–water partition coefficient (Wildman–Crippen LogP) is 6.43. The van der Waals surface area contributed by atoms with E-state index in [4.69, 9.17) is 30.5 Å². The molecule has 234 valence electrons. The largest absolute Gasteiger partial charge is 0.493 e. The Morgan fingerprint density at radius 1 is 1.13 bits per heavy atom. The fourth-order valence-corrected chi connectivity index (χ4v) is 7.05. The number of allylic oxidation sites excluding steroid dienone is 1. The Labute approximate surface area is 283 Å². The summed E-state index contributed by atoms with van der Waals surface area (Å²) in [7, 11) is 1.57. The molecule has 3 aromatic carbocycles. The highest BCUT2D eigenvalue weighted by molar-refractivity contribution is 14.1. The molecule has 2 heterocycles. The third-order valence-electron chi connectivity index (χ3n) is 6.97. The van der Waals surface area contributed by atoms with Crippen molar-refractivity contribution in [3.8, 4) is 17.2 Å². The van der Waals surface area contributed by atoms with Gasteiger partial charge in [0.15, 0.2) is 16.3 Å². The lowest BCUT2D eigenvalue weighted by Crippen LogP contribution is -2.40. The van der Waals surface area contributed by atoms with Crippen LogP contribution in [0.15, 0.2) is 81.7 Å². The highest BCUT2D eigenvalue weighted by atomic mass is 127. The number of methoxy groups -OCH3 is 1. The van der Waals surface area contributed by atoms with E-state index in [1.807, 2.05) is 74.5 Å². The number of para-hydroxylation sites is 1. The van der Waals surface area contributed by atoms with Crippen LogP contribution in [0, 0.1) is 3.57 Å². The molecule has 1 aliphatic rings. The zero-order chi connectivity index (χ0) is 32.2. The summed E-state index contributed by atoms with van der Waals surface area (Å²) in [5.41, 5.74) is 2.77. The number of carbonyl (C=O) groups is 1. The van der Waals surface area contributed by atoms with Gasteiger partial charge in [0.1, 0.15) is 18.4 Å². The number of benzene rings is 3. The van der Waals surface area contributed by atoms with Gasteiger partial charge in [0.2, 0.25) is 0 Å². The number of nitrogens with zero attached hydrogens (tertiary/aromatic N) is 2. The standard InChI is InChI=1S/C34H32ClIN2O6S/c1-6-42-33(40)29-20(4)37-34-38(30(29)23-12-8-10-14-26(23)44-19(2)3)32(39)28(45-34)17-21-15-25(36)31(27(16-21)41-5)43-18-22-11-7-9-13-24(22)35/h7-17,19,30H,6,18H2,1-5H3/b28-17+/t30-/m0/s1. The van der Waals surface area contributed by atoms with Crippen molar-refractivity contribution in [1.29, 1.82) is 0 Å². The van der Waals surface area contributed by atoms with Crippen molar-refractivity contribution in [2.75, 3.05) is 13.7 Å². The van der Waals surface area contributed by atoms with Gasteiger partial charge in [-0.2, -0.15) is 0 Å². The molecule has 0 fully saturated rings. The number of aromatic nitrogens is 1. The predicted molar refractivity (Wildman–Crippen MR) is 184 cm³/mol. The summed E-state index contributed by atoms with van der Waals surface area (Å²) < 4.78 is 26.2. The van der Waals surface area contributed by atoms with Gasteiger partial charge in [0, 0.05) is 16.1 Å². The van der Waals surface area contributed by atoms with E-state index >= 15 is 0 Å². The Kier molecular flexibility index (Phi) is 10.4. The van der Waals surface area contributed by atoms with Crippen LogP contribution in [0.2, 0.25) is 5.02 Å². The van der Waals surface area contributed by atoms with Crippen LogP contribution in [-0.4, -0.2) is 30.4 Å². The Bertz CT molecular complexity index is 1970. The van der Waals surface area contributed by atoms with Crippen molar-refractivity contribution in [3.05, 3.63) is 117 Å². The summed E-state index contributed by atoms with van der Waals surface area (Å²) in [6.45, 7) is 7.83. The Morgan fingerprint density at radius 2 is 1.87 bits per heavy atom. The number of ether oxygens (including phenoxy) is 4. The highest BCUT2D eigenvalue weighted by Gasteiger charge is 2.35. The first-order valence-corrected chi connectivity index (χ1v) is 16.6. The quantitative estimate of drug-likeness (QED) is 0.137. The molecule has 5 rings (SSSR count). The molecular weight excluding hydrogens is 727 g/mol. The first-order chi connectivity index (χ1) is 21.6. The first-order valence-electron chi connectivity index (χ1n) is 14.3. The van der Waals surface area contributed by atoms with Gasteiger partial charge in [0.05, 0.1) is 39.2 Å². The lowest BCUT2D eigenvalue weighted by atomic mass is 9.95. The van der Waals surface area contributed by atoms with Crippen LogP contribution < -0.4 is 29.1 Å². The van der Waals surface area contributed by atoms with Crippen LogP contribution >= 0.6 is 45.5 Å². The van der Waals surface area contributed by atoms with Crippen LogP contribution in [0.5, 0.6) is 17.2 Å². The Balaban J connectivity index is 1.61. The van der Waals surface area contributed by atoms with Crippen LogP contribution in [-0.2, 0) is 16.1 Å². The third kappa shape index (κ3) is 6.97. The SMILES string of the molecule is CCOC(=O)C1=C(C)N=c2s/c(=C/c3cc(I)c(OCc4ccccc4Cl)c(OC)c3)c(=O)n2[C@H]1c1ccccc1OC(C)C. The van der Waals surface area contributed by atoms with Crippen molar-refractivity contribution in [2.45, 2.75) is 46.4 Å². The molecule has 0 saturated carbocycles. The molecule has 45 heavy (non-hydrogen) atoms. The van der Waals surface area contributed by atoms with E-state index in [1.54, 1.807) is 31.6 Å². The van der Waals surface area contributed by atoms with Crippen LogP contribution in [0.4, 0.5) is 0 Å². The molecule has 11 heteroatoms. The highest BCUT2D eigenvalue weighted by Crippen LogP contribution is 2.37. The van der Waals surface area contributed by atoms with Crippen molar-refractivity contribution in [2.24, 2.45) is 4.99 Å². The summed E-state index contributed by atoms with van der Waals surface area (Å²) in [6, 6.07) is 17.9. The number of thiazole rings is 1. The van der Waals surface area contributed by atoms with Gasteiger partial charge >= 0.3 is 5.97 Å². The molecule has 4 aromatic rings. The summed E-state index contributed by atoms with van der Waals surface area (Å²) in [5, 5.41) is 0.622. The number of hydrogen-bond acceptors (Lipinski definition) is 8. The average Bonchev–Trinajstić information content (AvgIpc) is 3.30. The molecule has 0 saturated heterocycles. The second-order valence-electron chi connectivity index (χ2n) is 10.4. The molecule has 0 aliphatic carbocycles. The maximum atomic E-state index is 14.2. The fraction of sp³-hybridized carbons (Fsp3) is 0.265. The second kappa shape index (κ2) is 14.2. The number of rotatable bonds is 10. The molecule has 1 aromatic heterocycles. The summed E-state index contributed by atoms with van der Waals surface area (Å²) >= 11 is 9.76. The summed E-state index contributed by atoms with van der Waals surface area (Å²) in [5.74, 6) is 1.15. The number of esters is 1. The van der Waals surface area contributed by atoms with E-state index in [-0.39, 0.29) is 24.9 Å². The molecule has 0 unspecified atom stereocenters. The monoisotopic (exact) mass is 758 g/mol. The molecule has 0 bridgehead atoms. The number of hydrogen-bond donors (Lipinski definition) is 0. The maximum Gasteiger partial charge on any atom is 0.338 e. The van der Waals surface area contributed by atoms with Gasteiger partial charge in [0.25, 0.3) is 5.56 Å². The van der Waals surface area contributed by atoms with Crippen molar-refractivity contribution >= 4 is 57.6 Å². The third-order valence-corrected chi connectivity index (χ3v) is 9.13. The minimum atomic E-state index is -0.785. The van der Waals surface area contributed by atoms with E-state index in [0.29, 0.717) is 48.4 Å². The van der Waals surface area contributed by atoms with E-state index in [2.05, 4.69) is 27.6 Å². The zero-order valence-electron chi connectivity index (χ0n) is 25.4. The van der Waals surface area contributed by atoms with Crippen molar-refractivity contribution in [1.82, 2.24) is 4.57 Å². The van der Waals surface area contributed by atoms with Gasteiger partial charge in [-0.3, -0.25) is 9.36 Å². The van der Waals surface area contributed by atoms with Gasteiger partial charge < -0.3 is 18.9 Å². The molecule has 0 spiro atoms. The van der Waals surface area contributed by atoms with Crippen molar-refractivity contribution < 1.29 is 23.7 Å². The minimum absolute atomic E-state index is 0.118. The summed E-state index contributed by atoms with van der Waals surface area (Å²) in [6.07, 6.45) is 1.68. The molecule has 0 N–H and O–H groups in total. The maximum absolute atomic E-state index is 14.2. The van der Waals surface area contributed by atoms with Crippen LogP contribution in [0.3, 0.4) is 0 Å². The minimum Gasteiger partial charge on any atom is -0.493 e. The molecule has 1 aliphatic heterocycles. The van der Waals surface area contributed by atoms with Gasteiger partial charge in [-0.05, 0) is 86.2 Å². The Morgan fingerprint density at radius 3 is 2.58 bits per heavy atom. The molecular formula is C34H32ClIN2O6S. The lowest BCUT2D eigenvalue weighted by molar-refractivity contribution is -0.139. The van der Waals surface area contributed by atoms with Crippen molar-refractivity contribution in [3.63, 3.8) is 0 Å². The van der Waals surface area contributed by atoms with E-state index in [1.165, 1.54) is 11.3 Å². The second-order valence-corrected chi connectivity index (χ2v) is 13.0. The molecule has 0 amide bonds. The molecule has 1 atom stereocenters. The zero-order valence-corrected chi connectivity index (χ0v) is 29.2. The molecule has 8 nitrogen and oxygen atoms in total. The van der Waals surface area contributed by atoms with Gasteiger partial charge in [-0.1, -0.05) is 59.3 Å². The average molecular weight is 759 g/mol. The number of halogens is 2. The normalized spacial score (nSPS) is 14.7. The lowest BCUT2D eigenvalue weighted by Gasteiger charge is -2.26. The first kappa shape index (κ1) is 32.8. The van der Waals surface area contributed by atoms with E-state index < -0.39 is 12.0 Å². The van der Waals surface area contributed by atoms with Crippen LogP contribution in [0.1, 0.15) is 50.4 Å². The van der Waals surface area contributed by atoms with E-state index in [0.717, 1.165) is 14.7 Å². The van der Waals surface area contributed by atoms with E-state index in [9.17, 15) is 9.59 Å². The van der Waals surface area contributed by atoms with Crippen LogP contribution in [0.25, 0.3) is 6.08 Å². The topological polar surface area (TPSA) is 88.4 Å². The van der Waals surface area contributed by atoms with Gasteiger partial charge in [-0.25, -0.2) is 9.79 Å². The number of fused-ring (bicyclic) bond motifs is 1. The summed E-state index contributed by atoms with van der Waals surface area (Å²) in [4.78, 5) is 32.6. The Hall–Kier alpha value is -3.61. The fourth-order valence-electron chi connectivity index (χ4n) is 5.03.